The summed E-state index contributed by atoms with van der Waals surface area (Å²) in [6, 6.07) is 9.96. The van der Waals surface area contributed by atoms with E-state index in [-0.39, 0.29) is 23.4 Å². The number of sulfonamides is 1. The van der Waals surface area contributed by atoms with Crippen molar-refractivity contribution in [1.29, 1.82) is 0 Å². The SMILES string of the molecule is Cc1c(Cc2ccccc2S(=O)(=O)N2CCCC2)c(-c2ccc(F)cc2F)c(C)n1CC(=O)O. The molecule has 0 aliphatic carbocycles. The third-order valence-corrected chi connectivity index (χ3v) is 8.43. The van der Waals surface area contributed by atoms with Crippen LogP contribution < -0.4 is 0 Å². The molecule has 0 atom stereocenters. The van der Waals surface area contributed by atoms with Crippen LogP contribution in [0, 0.1) is 25.5 Å². The van der Waals surface area contributed by atoms with Crippen LogP contribution in [-0.2, 0) is 27.8 Å². The fraction of sp³-hybridized carbons (Fsp3) is 0.320. The molecule has 0 bridgehead atoms. The average Bonchev–Trinajstić information content (AvgIpc) is 3.40. The summed E-state index contributed by atoms with van der Waals surface area (Å²) in [6.45, 7) is 4.02. The number of nitrogens with zero attached hydrogens (tertiary/aromatic N) is 2. The number of aromatic nitrogens is 1. The number of carboxylic acids is 1. The molecule has 1 aliphatic heterocycles. The van der Waals surface area contributed by atoms with Crippen LogP contribution in [0.15, 0.2) is 47.4 Å². The van der Waals surface area contributed by atoms with E-state index in [0.29, 0.717) is 41.2 Å². The second kappa shape index (κ2) is 9.31. The Morgan fingerprint density at radius 1 is 1.03 bits per heavy atom. The lowest BCUT2D eigenvalue weighted by atomic mass is 9.95. The lowest BCUT2D eigenvalue weighted by molar-refractivity contribution is -0.137. The topological polar surface area (TPSA) is 79.6 Å². The molecule has 0 amide bonds. The molecule has 0 unspecified atom stereocenters. The zero-order valence-corrected chi connectivity index (χ0v) is 19.8. The number of carboxylic acid groups (broad SMARTS) is 1. The Labute approximate surface area is 197 Å². The van der Waals surface area contributed by atoms with Gasteiger partial charge in [-0.25, -0.2) is 17.2 Å². The monoisotopic (exact) mass is 488 g/mol. The Morgan fingerprint density at radius 2 is 1.71 bits per heavy atom. The minimum absolute atomic E-state index is 0.140. The third kappa shape index (κ3) is 4.37. The molecule has 2 heterocycles. The van der Waals surface area contributed by atoms with Crippen molar-refractivity contribution in [2.24, 2.45) is 0 Å². The Morgan fingerprint density at radius 3 is 2.35 bits per heavy atom. The maximum absolute atomic E-state index is 14.8. The Kier molecular flexibility index (Phi) is 6.60. The highest BCUT2D eigenvalue weighted by Gasteiger charge is 2.30. The summed E-state index contributed by atoms with van der Waals surface area (Å²) in [5, 5.41) is 9.41. The van der Waals surface area contributed by atoms with Crippen LogP contribution >= 0.6 is 0 Å². The molecule has 3 aromatic rings. The second-order valence-corrected chi connectivity index (χ2v) is 10.4. The molecule has 2 aromatic carbocycles. The van der Waals surface area contributed by atoms with Crippen LogP contribution in [0.2, 0.25) is 0 Å². The predicted octanol–water partition coefficient (Wildman–Crippen LogP) is 4.51. The van der Waals surface area contributed by atoms with E-state index in [0.717, 1.165) is 25.0 Å². The molecular weight excluding hydrogens is 462 g/mol. The third-order valence-electron chi connectivity index (χ3n) is 6.43. The highest BCUT2D eigenvalue weighted by Crippen LogP contribution is 2.37. The van der Waals surface area contributed by atoms with Gasteiger partial charge in [0, 0.05) is 48.1 Å². The first-order chi connectivity index (χ1) is 16.1. The van der Waals surface area contributed by atoms with Gasteiger partial charge in [-0.05, 0) is 56.0 Å². The number of hydrogen-bond acceptors (Lipinski definition) is 3. The summed E-state index contributed by atoms with van der Waals surface area (Å²) in [6.07, 6.45) is 1.77. The molecule has 1 saturated heterocycles. The number of aliphatic carboxylic acids is 1. The number of carbonyl (C=O) groups is 1. The molecular formula is C25H26F2N2O4S. The van der Waals surface area contributed by atoms with Crippen LogP contribution in [0.25, 0.3) is 11.1 Å². The maximum atomic E-state index is 14.8. The van der Waals surface area contributed by atoms with Gasteiger partial charge in [0.05, 0.1) is 4.90 Å². The van der Waals surface area contributed by atoms with Crippen LogP contribution in [0.1, 0.15) is 35.4 Å². The highest BCUT2D eigenvalue weighted by atomic mass is 32.2. The van der Waals surface area contributed by atoms with Crippen molar-refractivity contribution < 1.29 is 27.1 Å². The van der Waals surface area contributed by atoms with Gasteiger partial charge in [-0.2, -0.15) is 4.31 Å². The molecule has 0 saturated carbocycles. The van der Waals surface area contributed by atoms with Gasteiger partial charge in [0.1, 0.15) is 18.2 Å². The molecule has 1 fully saturated rings. The van der Waals surface area contributed by atoms with Crippen molar-refractivity contribution >= 4 is 16.0 Å². The molecule has 1 aliphatic rings. The zero-order chi connectivity index (χ0) is 24.6. The largest absolute Gasteiger partial charge is 0.480 e. The van der Waals surface area contributed by atoms with Crippen molar-refractivity contribution in [3.63, 3.8) is 0 Å². The summed E-state index contributed by atoms with van der Waals surface area (Å²) >= 11 is 0. The van der Waals surface area contributed by atoms with Gasteiger partial charge in [0.2, 0.25) is 10.0 Å². The summed E-state index contributed by atoms with van der Waals surface area (Å²) in [5.74, 6) is -2.55. The number of rotatable bonds is 7. The molecule has 34 heavy (non-hydrogen) atoms. The van der Waals surface area contributed by atoms with Gasteiger partial charge in [-0.1, -0.05) is 18.2 Å². The minimum Gasteiger partial charge on any atom is -0.480 e. The van der Waals surface area contributed by atoms with E-state index < -0.39 is 27.6 Å². The van der Waals surface area contributed by atoms with Gasteiger partial charge >= 0.3 is 5.97 Å². The molecule has 0 radical (unpaired) electrons. The Balaban J connectivity index is 1.89. The first-order valence-corrected chi connectivity index (χ1v) is 12.5. The zero-order valence-electron chi connectivity index (χ0n) is 19.0. The van der Waals surface area contributed by atoms with E-state index >= 15 is 0 Å². The van der Waals surface area contributed by atoms with Crippen molar-refractivity contribution in [1.82, 2.24) is 8.87 Å². The fourth-order valence-electron chi connectivity index (χ4n) is 4.75. The van der Waals surface area contributed by atoms with Crippen molar-refractivity contribution in [2.45, 2.75) is 44.6 Å². The van der Waals surface area contributed by atoms with Gasteiger partial charge in [-0.3, -0.25) is 4.79 Å². The predicted molar refractivity (Wildman–Crippen MR) is 124 cm³/mol. The molecule has 9 heteroatoms. The van der Waals surface area contributed by atoms with E-state index in [9.17, 15) is 27.1 Å². The Bertz CT molecular complexity index is 1360. The van der Waals surface area contributed by atoms with Gasteiger partial charge < -0.3 is 9.67 Å². The van der Waals surface area contributed by atoms with Crippen LogP contribution in [-0.4, -0.2) is 41.5 Å². The first kappa shape index (κ1) is 24.1. The molecule has 180 valence electrons. The maximum Gasteiger partial charge on any atom is 0.323 e. The quantitative estimate of drug-likeness (QED) is 0.531. The second-order valence-electron chi connectivity index (χ2n) is 8.52. The van der Waals surface area contributed by atoms with Gasteiger partial charge in [-0.15, -0.1) is 0 Å². The number of benzene rings is 2. The van der Waals surface area contributed by atoms with E-state index in [1.807, 2.05) is 0 Å². The van der Waals surface area contributed by atoms with Crippen LogP contribution in [0.4, 0.5) is 8.78 Å². The lowest BCUT2D eigenvalue weighted by Crippen LogP contribution is -2.28. The highest BCUT2D eigenvalue weighted by molar-refractivity contribution is 7.89. The van der Waals surface area contributed by atoms with E-state index in [4.69, 9.17) is 0 Å². The van der Waals surface area contributed by atoms with Gasteiger partial charge in [0.15, 0.2) is 0 Å². The normalized spacial score (nSPS) is 14.6. The number of halogens is 2. The van der Waals surface area contributed by atoms with E-state index in [2.05, 4.69) is 0 Å². The van der Waals surface area contributed by atoms with Crippen molar-refractivity contribution in [3.8, 4) is 11.1 Å². The van der Waals surface area contributed by atoms with Crippen LogP contribution in [0.5, 0.6) is 0 Å². The average molecular weight is 489 g/mol. The van der Waals surface area contributed by atoms with E-state index in [1.54, 1.807) is 42.7 Å². The van der Waals surface area contributed by atoms with Crippen LogP contribution in [0.3, 0.4) is 0 Å². The number of hydrogen-bond donors (Lipinski definition) is 1. The van der Waals surface area contributed by atoms with Gasteiger partial charge in [0.25, 0.3) is 0 Å². The standard InChI is InChI=1S/C25H26F2N2O4S/c1-16-21(13-18-7-3-4-8-23(18)34(32,33)28-11-5-6-12-28)25(17(2)29(16)15-24(30)31)20-10-9-19(26)14-22(20)27/h3-4,7-10,14H,5-6,11-13,15H2,1-2H3,(H,30,31). The first-order valence-electron chi connectivity index (χ1n) is 11.0. The summed E-state index contributed by atoms with van der Waals surface area (Å²) in [7, 11) is -3.71. The molecule has 1 aromatic heterocycles. The Hall–Kier alpha value is -3.04. The summed E-state index contributed by atoms with van der Waals surface area (Å²) in [5.41, 5.74) is 2.83. The smallest absolute Gasteiger partial charge is 0.323 e. The molecule has 1 N–H and O–H groups in total. The van der Waals surface area contributed by atoms with Crippen molar-refractivity contribution in [3.05, 3.63) is 76.6 Å². The molecule has 4 rings (SSSR count). The minimum atomic E-state index is -3.71. The molecule has 0 spiro atoms. The van der Waals surface area contributed by atoms with E-state index in [1.165, 1.54) is 10.4 Å². The molecule has 6 nitrogen and oxygen atoms in total. The summed E-state index contributed by atoms with van der Waals surface area (Å²) in [4.78, 5) is 11.7. The lowest BCUT2D eigenvalue weighted by Gasteiger charge is -2.18. The van der Waals surface area contributed by atoms with Crippen molar-refractivity contribution in [2.75, 3.05) is 13.1 Å². The fourth-order valence-corrected chi connectivity index (χ4v) is 6.49. The summed E-state index contributed by atoms with van der Waals surface area (Å²) < 4.78 is 58.2.